The van der Waals surface area contributed by atoms with Crippen molar-refractivity contribution in [3.8, 4) is 11.3 Å². The average molecular weight is 465 g/mol. The van der Waals surface area contributed by atoms with Crippen LogP contribution in [-0.2, 0) is 10.0 Å². The molecule has 1 saturated heterocycles. The van der Waals surface area contributed by atoms with Gasteiger partial charge < -0.3 is 4.90 Å². The maximum atomic E-state index is 12.9. The topological polar surface area (TPSA) is 66.4 Å². The molecule has 3 aromatic carbocycles. The number of anilines is 1. The Bertz CT molecular complexity index is 1350. The molecule has 0 amide bonds. The van der Waals surface area contributed by atoms with Gasteiger partial charge in [0.15, 0.2) is 5.82 Å². The first kappa shape index (κ1) is 20.9. The highest BCUT2D eigenvalue weighted by molar-refractivity contribution is 7.89. The molecule has 0 radical (unpaired) electrons. The van der Waals surface area contributed by atoms with Gasteiger partial charge in [0.25, 0.3) is 0 Å². The molecule has 1 aromatic heterocycles. The van der Waals surface area contributed by atoms with Crippen molar-refractivity contribution in [2.75, 3.05) is 31.1 Å². The number of hydrogen-bond donors (Lipinski definition) is 0. The predicted octanol–water partition coefficient (Wildman–Crippen LogP) is 4.46. The number of hydrogen-bond acceptors (Lipinski definition) is 5. The minimum atomic E-state index is -3.53. The largest absolute Gasteiger partial charge is 0.352 e. The molecule has 5 rings (SSSR count). The molecule has 0 N–H and O–H groups in total. The highest BCUT2D eigenvalue weighted by atomic mass is 35.5. The van der Waals surface area contributed by atoms with Crippen molar-refractivity contribution in [3.05, 3.63) is 83.9 Å². The van der Waals surface area contributed by atoms with Gasteiger partial charge in [-0.1, -0.05) is 48.0 Å². The number of nitrogens with zero attached hydrogens (tertiary/aromatic N) is 4. The van der Waals surface area contributed by atoms with E-state index in [-0.39, 0.29) is 4.90 Å². The zero-order valence-electron chi connectivity index (χ0n) is 17.2. The molecule has 4 aromatic rings. The number of rotatable bonds is 4. The fourth-order valence-electron chi connectivity index (χ4n) is 3.91. The molecule has 0 spiro atoms. The quantitative estimate of drug-likeness (QED) is 0.446. The molecule has 2 heterocycles. The number of fused-ring (bicyclic) bond motifs is 1. The lowest BCUT2D eigenvalue weighted by atomic mass is 10.1. The Morgan fingerprint density at radius 1 is 0.750 bits per heavy atom. The van der Waals surface area contributed by atoms with E-state index in [0.717, 1.165) is 22.5 Å². The van der Waals surface area contributed by atoms with Gasteiger partial charge in [0.1, 0.15) is 0 Å². The van der Waals surface area contributed by atoms with Crippen molar-refractivity contribution < 1.29 is 8.42 Å². The molecule has 1 fully saturated rings. The van der Waals surface area contributed by atoms with Gasteiger partial charge in [-0.05, 0) is 53.2 Å². The number of piperazine rings is 1. The molecule has 0 unspecified atom stereocenters. The van der Waals surface area contributed by atoms with Crippen molar-refractivity contribution in [3.63, 3.8) is 0 Å². The van der Waals surface area contributed by atoms with Crippen LogP contribution in [0.25, 0.3) is 22.0 Å². The molecular weight excluding hydrogens is 444 g/mol. The van der Waals surface area contributed by atoms with Crippen molar-refractivity contribution >= 4 is 38.2 Å². The molecule has 0 bridgehead atoms. The van der Waals surface area contributed by atoms with Gasteiger partial charge in [-0.3, -0.25) is 0 Å². The standard InChI is InChI=1S/C24H21ClN4O2S/c25-21-7-9-22(10-8-21)32(30,31)29-15-13-28(14-16-29)24-12-11-23(26-27-24)20-6-5-18-3-1-2-4-19(18)17-20/h1-12,17H,13-16H2. The summed E-state index contributed by atoms with van der Waals surface area (Å²) in [4.78, 5) is 2.32. The molecule has 0 atom stereocenters. The molecule has 1 aliphatic rings. The first-order chi connectivity index (χ1) is 15.5. The van der Waals surface area contributed by atoms with E-state index in [2.05, 4.69) is 39.4 Å². The second-order valence-corrected chi connectivity index (χ2v) is 10.1. The zero-order valence-corrected chi connectivity index (χ0v) is 18.8. The Morgan fingerprint density at radius 3 is 2.16 bits per heavy atom. The van der Waals surface area contributed by atoms with Crippen LogP contribution in [0.3, 0.4) is 0 Å². The van der Waals surface area contributed by atoms with Crippen LogP contribution >= 0.6 is 11.6 Å². The highest BCUT2D eigenvalue weighted by Gasteiger charge is 2.29. The predicted molar refractivity (Wildman–Crippen MR) is 127 cm³/mol. The third-order valence-corrected chi connectivity index (χ3v) is 7.87. The Morgan fingerprint density at radius 2 is 1.47 bits per heavy atom. The number of aromatic nitrogens is 2. The molecule has 6 nitrogen and oxygen atoms in total. The molecule has 32 heavy (non-hydrogen) atoms. The maximum absolute atomic E-state index is 12.9. The van der Waals surface area contributed by atoms with Crippen molar-refractivity contribution in [2.24, 2.45) is 0 Å². The second kappa shape index (κ2) is 8.50. The van der Waals surface area contributed by atoms with E-state index in [1.54, 1.807) is 24.3 Å². The summed E-state index contributed by atoms with van der Waals surface area (Å²) in [5.41, 5.74) is 1.82. The van der Waals surface area contributed by atoms with Crippen LogP contribution in [0, 0.1) is 0 Å². The van der Waals surface area contributed by atoms with E-state index < -0.39 is 10.0 Å². The number of halogens is 1. The Labute approximate surface area is 192 Å². The van der Waals surface area contributed by atoms with Crippen molar-refractivity contribution in [2.45, 2.75) is 4.90 Å². The molecule has 0 aliphatic carbocycles. The summed E-state index contributed by atoms with van der Waals surface area (Å²) in [7, 11) is -3.53. The fraction of sp³-hybridized carbons (Fsp3) is 0.167. The maximum Gasteiger partial charge on any atom is 0.243 e. The molecule has 0 saturated carbocycles. The third-order valence-electron chi connectivity index (χ3n) is 5.71. The zero-order chi connectivity index (χ0) is 22.1. The molecule has 1 aliphatic heterocycles. The van der Waals surface area contributed by atoms with E-state index >= 15 is 0 Å². The van der Waals surface area contributed by atoms with Crippen LogP contribution in [0.4, 0.5) is 5.82 Å². The van der Waals surface area contributed by atoms with E-state index in [1.165, 1.54) is 9.69 Å². The van der Waals surface area contributed by atoms with Gasteiger partial charge in [-0.15, -0.1) is 10.2 Å². The number of sulfonamides is 1. The summed E-state index contributed by atoms with van der Waals surface area (Å²) in [5.74, 6) is 0.748. The first-order valence-electron chi connectivity index (χ1n) is 10.3. The summed E-state index contributed by atoms with van der Waals surface area (Å²) in [5, 5.41) is 11.7. The lowest BCUT2D eigenvalue weighted by molar-refractivity contribution is 0.383. The second-order valence-electron chi connectivity index (χ2n) is 7.68. The fourth-order valence-corrected chi connectivity index (χ4v) is 5.46. The van der Waals surface area contributed by atoms with Crippen LogP contribution in [0.5, 0.6) is 0 Å². The third kappa shape index (κ3) is 4.07. The van der Waals surface area contributed by atoms with E-state index in [0.29, 0.717) is 31.2 Å². The van der Waals surface area contributed by atoms with Gasteiger partial charge in [-0.25, -0.2) is 8.42 Å². The van der Waals surface area contributed by atoms with E-state index in [4.69, 9.17) is 11.6 Å². The van der Waals surface area contributed by atoms with Gasteiger partial charge in [-0.2, -0.15) is 4.31 Å². The summed E-state index contributed by atoms with van der Waals surface area (Å²) in [6.07, 6.45) is 0. The van der Waals surface area contributed by atoms with Crippen molar-refractivity contribution in [1.29, 1.82) is 0 Å². The number of benzene rings is 3. The van der Waals surface area contributed by atoms with Crippen LogP contribution in [0.2, 0.25) is 5.02 Å². The minimum Gasteiger partial charge on any atom is -0.352 e. The van der Waals surface area contributed by atoms with Crippen molar-refractivity contribution in [1.82, 2.24) is 14.5 Å². The lowest BCUT2D eigenvalue weighted by Crippen LogP contribution is -2.48. The summed E-state index contributed by atoms with van der Waals surface area (Å²) >= 11 is 5.88. The van der Waals surface area contributed by atoms with Gasteiger partial charge >= 0.3 is 0 Å². The Balaban J connectivity index is 1.28. The summed E-state index contributed by atoms with van der Waals surface area (Å²) in [6.45, 7) is 1.88. The first-order valence-corrected chi connectivity index (χ1v) is 12.2. The van der Waals surface area contributed by atoms with Gasteiger partial charge in [0.05, 0.1) is 10.6 Å². The van der Waals surface area contributed by atoms with E-state index in [1.807, 2.05) is 30.3 Å². The Kier molecular flexibility index (Phi) is 5.55. The molecule has 162 valence electrons. The van der Waals surface area contributed by atoms with Crippen LogP contribution in [-0.4, -0.2) is 49.1 Å². The lowest BCUT2D eigenvalue weighted by Gasteiger charge is -2.34. The monoisotopic (exact) mass is 464 g/mol. The van der Waals surface area contributed by atoms with Crippen LogP contribution < -0.4 is 4.90 Å². The van der Waals surface area contributed by atoms with Gasteiger partial charge in [0, 0.05) is 36.8 Å². The van der Waals surface area contributed by atoms with Gasteiger partial charge in [0.2, 0.25) is 10.0 Å². The highest BCUT2D eigenvalue weighted by Crippen LogP contribution is 2.25. The summed E-state index contributed by atoms with van der Waals surface area (Å²) < 4.78 is 27.2. The van der Waals surface area contributed by atoms with Crippen LogP contribution in [0.15, 0.2) is 83.8 Å². The minimum absolute atomic E-state index is 0.259. The average Bonchev–Trinajstić information content (AvgIpc) is 2.84. The normalized spacial score (nSPS) is 15.2. The SMILES string of the molecule is O=S(=O)(c1ccc(Cl)cc1)N1CCN(c2ccc(-c3ccc4ccccc4c3)nn2)CC1. The van der Waals surface area contributed by atoms with E-state index in [9.17, 15) is 8.42 Å². The Hall–Kier alpha value is -3.00. The molecule has 8 heteroatoms. The molecular formula is C24H21ClN4O2S. The van der Waals surface area contributed by atoms with Crippen LogP contribution in [0.1, 0.15) is 0 Å². The smallest absolute Gasteiger partial charge is 0.243 e. The summed E-state index contributed by atoms with van der Waals surface area (Å²) in [6, 6.07) is 24.6.